The third-order valence-corrected chi connectivity index (χ3v) is 4.77. The number of sulfone groups is 1. The highest BCUT2D eigenvalue weighted by Gasteiger charge is 2.18. The zero-order valence-electron chi connectivity index (χ0n) is 12.1. The molecule has 22 heavy (non-hydrogen) atoms. The molecule has 1 aromatic rings. The highest BCUT2D eigenvalue weighted by molar-refractivity contribution is 9.10. The molecule has 0 spiro atoms. The highest BCUT2D eigenvalue weighted by atomic mass is 79.9. The van der Waals surface area contributed by atoms with Crippen molar-refractivity contribution >= 4 is 37.6 Å². The summed E-state index contributed by atoms with van der Waals surface area (Å²) in [5.41, 5.74) is 0.599. The highest BCUT2D eigenvalue weighted by Crippen LogP contribution is 2.14. The van der Waals surface area contributed by atoms with Gasteiger partial charge in [0.25, 0.3) is 0 Å². The second kappa shape index (κ2) is 8.28. The average Bonchev–Trinajstić information content (AvgIpc) is 2.34. The van der Waals surface area contributed by atoms with E-state index in [0.717, 1.165) is 4.47 Å². The molecule has 0 fully saturated rings. The minimum Gasteiger partial charge on any atom is -0.481 e. The van der Waals surface area contributed by atoms with Crippen molar-refractivity contribution in [1.82, 2.24) is 5.32 Å². The molecule has 0 radical (unpaired) electrons. The van der Waals surface area contributed by atoms with E-state index >= 15 is 0 Å². The van der Waals surface area contributed by atoms with E-state index in [4.69, 9.17) is 5.11 Å². The van der Waals surface area contributed by atoms with Crippen LogP contribution in [0, 0.1) is 5.92 Å². The van der Waals surface area contributed by atoms with Crippen molar-refractivity contribution in [3.63, 3.8) is 0 Å². The van der Waals surface area contributed by atoms with E-state index in [1.807, 2.05) is 0 Å². The lowest BCUT2D eigenvalue weighted by Crippen LogP contribution is -2.34. The summed E-state index contributed by atoms with van der Waals surface area (Å²) in [6.07, 6.45) is -0.0783. The zero-order chi connectivity index (χ0) is 16.8. The normalized spacial score (nSPS) is 12.6. The fourth-order valence-electron chi connectivity index (χ4n) is 1.84. The first-order chi connectivity index (χ1) is 10.2. The van der Waals surface area contributed by atoms with Gasteiger partial charge in [-0.25, -0.2) is 8.42 Å². The van der Waals surface area contributed by atoms with Crippen molar-refractivity contribution in [2.24, 2.45) is 5.92 Å². The number of carboxylic acids is 1. The SMILES string of the molecule is CC(CNC(=O)CS(=O)(=O)Cc1cccc(Br)c1)CC(=O)O. The third-order valence-electron chi connectivity index (χ3n) is 2.80. The minimum atomic E-state index is -3.57. The van der Waals surface area contributed by atoms with Crippen LogP contribution in [0.5, 0.6) is 0 Å². The van der Waals surface area contributed by atoms with Gasteiger partial charge in [-0.15, -0.1) is 0 Å². The van der Waals surface area contributed by atoms with E-state index in [2.05, 4.69) is 21.2 Å². The number of amides is 1. The van der Waals surface area contributed by atoms with Crippen LogP contribution in [0.3, 0.4) is 0 Å². The zero-order valence-corrected chi connectivity index (χ0v) is 14.5. The minimum absolute atomic E-state index is 0.0783. The first-order valence-electron chi connectivity index (χ1n) is 6.61. The van der Waals surface area contributed by atoms with Gasteiger partial charge in [0, 0.05) is 17.4 Å². The van der Waals surface area contributed by atoms with E-state index in [1.54, 1.807) is 31.2 Å². The maximum Gasteiger partial charge on any atom is 0.303 e. The van der Waals surface area contributed by atoms with Gasteiger partial charge in [-0.05, 0) is 23.6 Å². The topological polar surface area (TPSA) is 101 Å². The van der Waals surface area contributed by atoms with Crippen LogP contribution in [-0.2, 0) is 25.2 Å². The van der Waals surface area contributed by atoms with Crippen molar-refractivity contribution in [2.45, 2.75) is 19.1 Å². The second-order valence-corrected chi connectivity index (χ2v) is 8.15. The fraction of sp³-hybridized carbons (Fsp3) is 0.429. The Kier molecular flexibility index (Phi) is 7.02. The molecule has 2 N–H and O–H groups in total. The van der Waals surface area contributed by atoms with Crippen molar-refractivity contribution in [3.05, 3.63) is 34.3 Å². The molecule has 0 saturated carbocycles. The second-order valence-electron chi connectivity index (χ2n) is 5.17. The van der Waals surface area contributed by atoms with Crippen molar-refractivity contribution in [3.8, 4) is 0 Å². The molecule has 122 valence electrons. The van der Waals surface area contributed by atoms with E-state index in [0.29, 0.717) is 5.56 Å². The first kappa shape index (κ1) is 18.6. The maximum atomic E-state index is 12.0. The van der Waals surface area contributed by atoms with Gasteiger partial charge in [-0.3, -0.25) is 9.59 Å². The average molecular weight is 392 g/mol. The molecule has 1 rings (SSSR count). The van der Waals surface area contributed by atoms with Crippen LogP contribution in [0.4, 0.5) is 0 Å². The molecule has 0 aliphatic carbocycles. The number of carbonyl (C=O) groups excluding carboxylic acids is 1. The van der Waals surface area contributed by atoms with Gasteiger partial charge in [-0.2, -0.15) is 0 Å². The molecule has 0 aromatic heterocycles. The third kappa shape index (κ3) is 7.56. The fourth-order valence-corrected chi connectivity index (χ4v) is 3.58. The van der Waals surface area contributed by atoms with Gasteiger partial charge < -0.3 is 10.4 Å². The molecular formula is C14H18BrNO5S. The molecule has 1 aromatic carbocycles. The summed E-state index contributed by atoms with van der Waals surface area (Å²) in [6.45, 7) is 1.81. The number of carboxylic acid groups (broad SMARTS) is 1. The van der Waals surface area contributed by atoms with E-state index in [1.165, 1.54) is 0 Å². The Morgan fingerprint density at radius 3 is 2.64 bits per heavy atom. The summed E-state index contributed by atoms with van der Waals surface area (Å²) < 4.78 is 24.7. The number of rotatable bonds is 8. The Bertz CT molecular complexity index is 644. The van der Waals surface area contributed by atoms with Gasteiger partial charge in [0.2, 0.25) is 5.91 Å². The molecule has 6 nitrogen and oxygen atoms in total. The molecule has 0 heterocycles. The summed E-state index contributed by atoms with van der Waals surface area (Å²) in [7, 11) is -3.57. The molecule has 0 aliphatic rings. The summed E-state index contributed by atoms with van der Waals surface area (Å²) >= 11 is 3.26. The summed E-state index contributed by atoms with van der Waals surface area (Å²) in [5, 5.41) is 11.1. The number of hydrogen-bond donors (Lipinski definition) is 2. The summed E-state index contributed by atoms with van der Waals surface area (Å²) in [4.78, 5) is 22.2. The molecule has 1 atom stereocenters. The number of hydrogen-bond acceptors (Lipinski definition) is 4. The standard InChI is InChI=1S/C14H18BrNO5S/c1-10(5-14(18)19)7-16-13(17)9-22(20,21)8-11-3-2-4-12(15)6-11/h2-4,6,10H,5,7-9H2,1H3,(H,16,17)(H,18,19). The maximum absolute atomic E-state index is 12.0. The Balaban J connectivity index is 2.50. The van der Waals surface area contributed by atoms with Crippen molar-refractivity contribution in [2.75, 3.05) is 12.3 Å². The predicted octanol–water partition coefficient (Wildman–Crippen LogP) is 1.59. The molecule has 0 saturated heterocycles. The number of nitrogens with one attached hydrogen (secondary N) is 1. The first-order valence-corrected chi connectivity index (χ1v) is 9.23. The van der Waals surface area contributed by atoms with E-state index in [9.17, 15) is 18.0 Å². The van der Waals surface area contributed by atoms with Crippen molar-refractivity contribution < 1.29 is 23.1 Å². The lowest BCUT2D eigenvalue weighted by atomic mass is 10.1. The molecular weight excluding hydrogens is 374 g/mol. The van der Waals surface area contributed by atoms with Crippen molar-refractivity contribution in [1.29, 1.82) is 0 Å². The molecule has 1 amide bonds. The Morgan fingerprint density at radius 1 is 1.36 bits per heavy atom. The monoisotopic (exact) mass is 391 g/mol. The molecule has 1 unspecified atom stereocenters. The summed E-state index contributed by atoms with van der Waals surface area (Å²) in [5.74, 6) is -2.66. The number of benzene rings is 1. The Morgan fingerprint density at radius 2 is 2.05 bits per heavy atom. The van der Waals surface area contributed by atoms with Gasteiger partial charge >= 0.3 is 5.97 Å². The van der Waals surface area contributed by atoms with Gasteiger partial charge in [-0.1, -0.05) is 35.0 Å². The quantitative estimate of drug-likeness (QED) is 0.700. The van der Waals surface area contributed by atoms with Crippen LogP contribution >= 0.6 is 15.9 Å². The molecule has 0 aliphatic heterocycles. The van der Waals surface area contributed by atoms with Crippen LogP contribution in [0.15, 0.2) is 28.7 Å². The number of carbonyl (C=O) groups is 2. The Labute approximate surface area is 138 Å². The van der Waals surface area contributed by atoms with Gasteiger partial charge in [0.15, 0.2) is 9.84 Å². The Hall–Kier alpha value is -1.41. The molecule has 8 heteroatoms. The largest absolute Gasteiger partial charge is 0.481 e. The van der Waals surface area contributed by atoms with Crippen LogP contribution in [0.2, 0.25) is 0 Å². The predicted molar refractivity (Wildman–Crippen MR) is 86.1 cm³/mol. The number of halogens is 1. The van der Waals surface area contributed by atoms with Crippen LogP contribution < -0.4 is 5.32 Å². The van der Waals surface area contributed by atoms with E-state index in [-0.39, 0.29) is 24.6 Å². The van der Waals surface area contributed by atoms with Gasteiger partial charge in [0.1, 0.15) is 5.75 Å². The smallest absolute Gasteiger partial charge is 0.303 e. The van der Waals surface area contributed by atoms with Crippen LogP contribution in [0.1, 0.15) is 18.9 Å². The lowest BCUT2D eigenvalue weighted by Gasteiger charge is -2.10. The number of aliphatic carboxylic acids is 1. The van der Waals surface area contributed by atoms with Gasteiger partial charge in [0.05, 0.1) is 5.75 Å². The van der Waals surface area contributed by atoms with Crippen LogP contribution in [-0.4, -0.2) is 37.7 Å². The summed E-state index contributed by atoms with van der Waals surface area (Å²) in [6, 6.07) is 6.87. The lowest BCUT2D eigenvalue weighted by molar-refractivity contribution is -0.138. The van der Waals surface area contributed by atoms with Crippen LogP contribution in [0.25, 0.3) is 0 Å². The van der Waals surface area contributed by atoms with E-state index < -0.39 is 27.5 Å². The molecule has 0 bridgehead atoms.